The Hall–Kier alpha value is -0.260. The number of fused-ring (bicyclic) bond motifs is 2. The molecule has 0 aliphatic heterocycles. The van der Waals surface area contributed by atoms with Crippen LogP contribution in [0.15, 0.2) is 0 Å². The quantitative estimate of drug-likeness (QED) is 0.274. The van der Waals surface area contributed by atoms with Crippen LogP contribution in [-0.4, -0.2) is 38.1 Å². The third-order valence-electron chi connectivity index (χ3n) is 5.59. The van der Waals surface area contributed by atoms with Gasteiger partial charge in [-0.1, -0.05) is 29.5 Å². The topological polar surface area (TPSA) is 46.5 Å². The number of halogens is 7. The summed E-state index contributed by atoms with van der Waals surface area (Å²) in [7, 11) is 0. The molecule has 0 aromatic carbocycles. The van der Waals surface area contributed by atoms with Crippen molar-refractivity contribution in [2.45, 2.75) is 72.9 Å². The van der Waals surface area contributed by atoms with Crippen LogP contribution in [0.2, 0.25) is 0 Å². The molecule has 0 spiro atoms. The average Bonchev–Trinajstić information content (AvgIpc) is 3.04. The standard InChI is InChI=1S/C15H19F6IO3/c1-3-11(2,22)10(23)25-12(7-8-4-5-9(12)6-8)13(24,14(16,17)18)15(19,20)21/h8-9,24H,3-7H2,1-2H3. The molecule has 0 amide bonds. The summed E-state index contributed by atoms with van der Waals surface area (Å²) in [6.45, 7) is 2.94. The molecule has 0 radical (unpaired) electrons. The first kappa shape index (κ1) is 21.0. The van der Waals surface area contributed by atoms with E-state index in [9.17, 15) is 36.2 Å². The second-order valence-corrected chi connectivity index (χ2v) is 9.50. The number of hydrogen-bond acceptors (Lipinski definition) is 3. The minimum absolute atomic E-state index is 0.0521. The molecule has 2 saturated carbocycles. The first-order valence-electron chi connectivity index (χ1n) is 7.90. The van der Waals surface area contributed by atoms with Crippen molar-refractivity contribution in [3.8, 4) is 0 Å². The maximum absolute atomic E-state index is 13.5. The van der Waals surface area contributed by atoms with E-state index in [1.54, 1.807) is 29.5 Å². The molecule has 25 heavy (non-hydrogen) atoms. The number of rotatable bonds is 4. The molecule has 2 rings (SSSR count). The first-order chi connectivity index (χ1) is 11.1. The zero-order valence-electron chi connectivity index (χ0n) is 13.6. The highest BCUT2D eigenvalue weighted by Crippen LogP contribution is 2.64. The molecule has 146 valence electrons. The van der Waals surface area contributed by atoms with Crippen molar-refractivity contribution in [1.29, 1.82) is 0 Å². The van der Waals surface area contributed by atoms with Gasteiger partial charge in [-0.15, -0.1) is 0 Å². The van der Waals surface area contributed by atoms with Gasteiger partial charge in [0.25, 0.3) is 5.60 Å². The van der Waals surface area contributed by atoms with Gasteiger partial charge in [-0.25, -0.2) is 0 Å². The minimum atomic E-state index is -6.02. The maximum Gasteiger partial charge on any atom is 0.430 e. The van der Waals surface area contributed by atoms with E-state index in [4.69, 9.17) is 4.74 Å². The Balaban J connectivity index is 2.59. The molecule has 3 nitrogen and oxygen atoms in total. The number of carbonyl (C=O) groups excluding carboxylic acids is 1. The highest BCUT2D eigenvalue weighted by Gasteiger charge is 2.84. The SMILES string of the molecule is CCC(C)(I)C(=O)OC1(C(O)(C(F)(F)F)C(F)(F)F)CC2CCC1C2. The Labute approximate surface area is 154 Å². The van der Waals surface area contributed by atoms with Gasteiger partial charge in [0.15, 0.2) is 5.60 Å². The molecule has 4 unspecified atom stereocenters. The lowest BCUT2D eigenvalue weighted by atomic mass is 9.70. The van der Waals surface area contributed by atoms with Gasteiger partial charge in [0, 0.05) is 5.92 Å². The van der Waals surface area contributed by atoms with Gasteiger partial charge < -0.3 is 9.84 Å². The fraction of sp³-hybridized carbons (Fsp3) is 0.933. The molecule has 0 aromatic heterocycles. The summed E-state index contributed by atoms with van der Waals surface area (Å²) in [5.41, 5.74) is -8.13. The maximum atomic E-state index is 13.5. The van der Waals surface area contributed by atoms with Crippen LogP contribution in [0, 0.1) is 11.8 Å². The van der Waals surface area contributed by atoms with Crippen molar-refractivity contribution >= 4 is 28.6 Å². The van der Waals surface area contributed by atoms with Crippen LogP contribution >= 0.6 is 22.6 Å². The Kier molecular flexibility index (Phi) is 5.16. The summed E-state index contributed by atoms with van der Waals surface area (Å²) in [4.78, 5) is 12.4. The van der Waals surface area contributed by atoms with Crippen LogP contribution in [0.25, 0.3) is 0 Å². The van der Waals surface area contributed by atoms with E-state index in [1.165, 1.54) is 6.92 Å². The Bertz CT molecular complexity index is 530. The van der Waals surface area contributed by atoms with Gasteiger partial charge in [0.1, 0.15) is 3.42 Å². The minimum Gasteiger partial charge on any atom is -0.454 e. The smallest absolute Gasteiger partial charge is 0.430 e. The van der Waals surface area contributed by atoms with E-state index in [2.05, 4.69) is 0 Å². The largest absolute Gasteiger partial charge is 0.454 e. The second kappa shape index (κ2) is 6.13. The number of carbonyl (C=O) groups is 1. The van der Waals surface area contributed by atoms with Gasteiger partial charge in [-0.3, -0.25) is 4.79 Å². The Morgan fingerprint density at radius 2 is 1.72 bits per heavy atom. The lowest BCUT2D eigenvalue weighted by molar-refractivity contribution is -0.419. The summed E-state index contributed by atoms with van der Waals surface area (Å²) in [6.07, 6.45) is -11.9. The molecular formula is C15H19F6IO3. The summed E-state index contributed by atoms with van der Waals surface area (Å²) in [5.74, 6) is -2.79. The molecule has 4 atom stereocenters. The summed E-state index contributed by atoms with van der Waals surface area (Å²) in [6, 6.07) is 0. The molecule has 2 bridgehead atoms. The number of esters is 1. The fourth-order valence-electron chi connectivity index (χ4n) is 3.98. The molecule has 0 saturated heterocycles. The van der Waals surface area contributed by atoms with Crippen molar-refractivity contribution in [2.75, 3.05) is 0 Å². The van der Waals surface area contributed by atoms with Crippen molar-refractivity contribution in [1.82, 2.24) is 0 Å². The predicted octanol–water partition coefficient (Wildman–Crippen LogP) is 4.55. The Morgan fingerprint density at radius 1 is 1.20 bits per heavy atom. The molecule has 2 fully saturated rings. The number of hydrogen-bond donors (Lipinski definition) is 1. The average molecular weight is 488 g/mol. The van der Waals surface area contributed by atoms with Gasteiger partial charge in [-0.2, -0.15) is 26.3 Å². The van der Waals surface area contributed by atoms with E-state index in [1.807, 2.05) is 0 Å². The normalized spacial score (nSPS) is 32.6. The lowest BCUT2D eigenvalue weighted by Crippen LogP contribution is -2.74. The zero-order valence-corrected chi connectivity index (χ0v) is 15.8. The summed E-state index contributed by atoms with van der Waals surface area (Å²) >= 11 is 1.64. The molecule has 1 N–H and O–H groups in total. The molecule has 2 aliphatic rings. The van der Waals surface area contributed by atoms with Crippen molar-refractivity contribution < 1.29 is 41.0 Å². The fourth-order valence-corrected chi connectivity index (χ4v) is 4.09. The molecule has 0 heterocycles. The van der Waals surface area contributed by atoms with Crippen molar-refractivity contribution in [3.05, 3.63) is 0 Å². The van der Waals surface area contributed by atoms with Gasteiger partial charge in [-0.05, 0) is 44.9 Å². The van der Waals surface area contributed by atoms with E-state index >= 15 is 0 Å². The van der Waals surface area contributed by atoms with Gasteiger partial charge in [0.2, 0.25) is 0 Å². The van der Waals surface area contributed by atoms with E-state index in [0.717, 1.165) is 0 Å². The van der Waals surface area contributed by atoms with E-state index in [0.29, 0.717) is 6.42 Å². The van der Waals surface area contributed by atoms with Gasteiger partial charge >= 0.3 is 18.3 Å². The summed E-state index contributed by atoms with van der Waals surface area (Å²) in [5, 5.41) is 10.0. The highest BCUT2D eigenvalue weighted by molar-refractivity contribution is 14.1. The van der Waals surface area contributed by atoms with Crippen molar-refractivity contribution in [2.24, 2.45) is 11.8 Å². The molecule has 0 aromatic rings. The molecule has 10 heteroatoms. The third kappa shape index (κ3) is 3.04. The van der Waals surface area contributed by atoms with E-state index < -0.39 is 51.2 Å². The summed E-state index contributed by atoms with van der Waals surface area (Å²) < 4.78 is 84.6. The number of aliphatic hydroxyl groups is 1. The predicted molar refractivity (Wildman–Crippen MR) is 84.0 cm³/mol. The molecule has 2 aliphatic carbocycles. The number of alkyl halides is 7. The Morgan fingerprint density at radius 3 is 2.04 bits per heavy atom. The highest BCUT2D eigenvalue weighted by atomic mass is 127. The van der Waals surface area contributed by atoms with Crippen molar-refractivity contribution in [3.63, 3.8) is 0 Å². The van der Waals surface area contributed by atoms with Gasteiger partial charge in [0.05, 0.1) is 0 Å². The van der Waals surface area contributed by atoms with Crippen LogP contribution in [0.1, 0.15) is 46.0 Å². The molecular weight excluding hydrogens is 469 g/mol. The number of ether oxygens (including phenoxy) is 1. The first-order valence-corrected chi connectivity index (χ1v) is 8.98. The third-order valence-corrected chi connectivity index (χ3v) is 6.79. The van der Waals surface area contributed by atoms with Crippen LogP contribution in [0.5, 0.6) is 0 Å². The second-order valence-electron chi connectivity index (χ2n) is 7.12. The zero-order chi connectivity index (χ0) is 19.5. The monoisotopic (exact) mass is 488 g/mol. The van der Waals surface area contributed by atoms with Crippen LogP contribution < -0.4 is 0 Å². The van der Waals surface area contributed by atoms with Crippen LogP contribution in [-0.2, 0) is 9.53 Å². The van der Waals surface area contributed by atoms with Crippen LogP contribution in [0.3, 0.4) is 0 Å². The van der Waals surface area contributed by atoms with E-state index in [-0.39, 0.29) is 19.3 Å². The lowest BCUT2D eigenvalue weighted by Gasteiger charge is -2.50. The van der Waals surface area contributed by atoms with Crippen LogP contribution in [0.4, 0.5) is 26.3 Å².